The lowest BCUT2D eigenvalue weighted by Gasteiger charge is -2.19. The van der Waals surface area contributed by atoms with E-state index >= 15 is 0 Å². The molecule has 0 radical (unpaired) electrons. The van der Waals surface area contributed by atoms with Crippen LogP contribution in [0.2, 0.25) is 0 Å². The SMILES string of the molecule is CC(C)(C)c1ccc(OCc2ccc(C(=O)N3CCCC3)cc2)cc1. The molecule has 1 amide bonds. The van der Waals surface area contributed by atoms with E-state index in [2.05, 4.69) is 32.9 Å². The first-order valence-corrected chi connectivity index (χ1v) is 9.05. The van der Waals surface area contributed by atoms with E-state index in [1.165, 1.54) is 5.56 Å². The summed E-state index contributed by atoms with van der Waals surface area (Å²) in [5.74, 6) is 1.01. The van der Waals surface area contributed by atoms with Crippen molar-refractivity contribution < 1.29 is 9.53 Å². The molecule has 0 bridgehead atoms. The number of carbonyl (C=O) groups excluding carboxylic acids is 1. The molecule has 1 aliphatic rings. The molecular weight excluding hydrogens is 310 g/mol. The van der Waals surface area contributed by atoms with E-state index in [1.807, 2.05) is 41.3 Å². The van der Waals surface area contributed by atoms with Crippen LogP contribution in [0.15, 0.2) is 48.5 Å². The summed E-state index contributed by atoms with van der Waals surface area (Å²) in [6.07, 6.45) is 2.23. The summed E-state index contributed by atoms with van der Waals surface area (Å²) < 4.78 is 5.86. The van der Waals surface area contributed by atoms with Crippen LogP contribution in [0.4, 0.5) is 0 Å². The molecule has 3 nitrogen and oxygen atoms in total. The third kappa shape index (κ3) is 4.41. The van der Waals surface area contributed by atoms with Gasteiger partial charge in [0.2, 0.25) is 0 Å². The van der Waals surface area contributed by atoms with Gasteiger partial charge in [-0.3, -0.25) is 4.79 Å². The molecule has 2 aromatic rings. The maximum absolute atomic E-state index is 12.3. The first kappa shape index (κ1) is 17.5. The molecule has 0 unspecified atom stereocenters. The van der Waals surface area contributed by atoms with Gasteiger partial charge < -0.3 is 9.64 Å². The molecular formula is C22H27NO2. The van der Waals surface area contributed by atoms with E-state index in [-0.39, 0.29) is 11.3 Å². The number of nitrogens with zero attached hydrogens (tertiary/aromatic N) is 1. The van der Waals surface area contributed by atoms with Gasteiger partial charge >= 0.3 is 0 Å². The lowest BCUT2D eigenvalue weighted by molar-refractivity contribution is 0.0793. The molecule has 1 aliphatic heterocycles. The van der Waals surface area contributed by atoms with Crippen molar-refractivity contribution in [3.63, 3.8) is 0 Å². The minimum Gasteiger partial charge on any atom is -0.489 e. The number of hydrogen-bond acceptors (Lipinski definition) is 2. The van der Waals surface area contributed by atoms with Gasteiger partial charge in [-0.25, -0.2) is 0 Å². The van der Waals surface area contributed by atoms with E-state index in [9.17, 15) is 4.79 Å². The highest BCUT2D eigenvalue weighted by molar-refractivity contribution is 5.94. The van der Waals surface area contributed by atoms with Gasteiger partial charge in [-0.2, -0.15) is 0 Å². The number of carbonyl (C=O) groups is 1. The van der Waals surface area contributed by atoms with Crippen molar-refractivity contribution in [2.24, 2.45) is 0 Å². The summed E-state index contributed by atoms with van der Waals surface area (Å²) in [6.45, 7) is 8.88. The van der Waals surface area contributed by atoms with Crippen LogP contribution in [0.3, 0.4) is 0 Å². The second-order valence-electron chi connectivity index (χ2n) is 7.76. The number of rotatable bonds is 4. The minimum absolute atomic E-state index is 0.141. The number of hydrogen-bond donors (Lipinski definition) is 0. The molecule has 2 aromatic carbocycles. The Hall–Kier alpha value is -2.29. The average molecular weight is 337 g/mol. The van der Waals surface area contributed by atoms with Gasteiger partial charge in [0, 0.05) is 18.7 Å². The first-order chi connectivity index (χ1) is 11.9. The topological polar surface area (TPSA) is 29.5 Å². The molecule has 3 heteroatoms. The van der Waals surface area contributed by atoms with E-state index < -0.39 is 0 Å². The number of amides is 1. The monoisotopic (exact) mass is 337 g/mol. The molecule has 25 heavy (non-hydrogen) atoms. The number of likely N-dealkylation sites (tertiary alicyclic amines) is 1. The summed E-state index contributed by atoms with van der Waals surface area (Å²) >= 11 is 0. The van der Waals surface area contributed by atoms with Gasteiger partial charge in [-0.05, 0) is 53.6 Å². The van der Waals surface area contributed by atoms with Crippen LogP contribution in [0.25, 0.3) is 0 Å². The maximum Gasteiger partial charge on any atom is 0.253 e. The molecule has 0 aromatic heterocycles. The van der Waals surface area contributed by atoms with Crippen LogP contribution in [-0.4, -0.2) is 23.9 Å². The van der Waals surface area contributed by atoms with Gasteiger partial charge in [0.25, 0.3) is 5.91 Å². The van der Waals surface area contributed by atoms with E-state index in [0.717, 1.165) is 42.8 Å². The normalized spacial score (nSPS) is 14.6. The standard InChI is InChI=1S/C22H27NO2/c1-22(2,3)19-10-12-20(13-11-19)25-16-17-6-8-18(9-7-17)21(24)23-14-4-5-15-23/h6-13H,4-5,14-16H2,1-3H3. The largest absolute Gasteiger partial charge is 0.489 e. The molecule has 1 fully saturated rings. The smallest absolute Gasteiger partial charge is 0.253 e. The van der Waals surface area contributed by atoms with Crippen LogP contribution in [0.5, 0.6) is 5.75 Å². The van der Waals surface area contributed by atoms with Gasteiger partial charge in [0.05, 0.1) is 0 Å². The first-order valence-electron chi connectivity index (χ1n) is 9.05. The third-order valence-electron chi connectivity index (χ3n) is 4.72. The summed E-state index contributed by atoms with van der Waals surface area (Å²) in [5.41, 5.74) is 3.28. The number of ether oxygens (including phenoxy) is 1. The summed E-state index contributed by atoms with van der Waals surface area (Å²) in [4.78, 5) is 14.3. The molecule has 0 spiro atoms. The maximum atomic E-state index is 12.3. The summed E-state index contributed by atoms with van der Waals surface area (Å²) in [7, 11) is 0. The van der Waals surface area contributed by atoms with Crippen LogP contribution >= 0.6 is 0 Å². The Bertz CT molecular complexity index is 705. The van der Waals surface area contributed by atoms with Gasteiger partial charge in [0.15, 0.2) is 0 Å². The van der Waals surface area contributed by atoms with Crippen LogP contribution in [0.1, 0.15) is 55.1 Å². The Kier molecular flexibility index (Phi) is 5.12. The number of benzene rings is 2. The Morgan fingerprint density at radius 3 is 2.12 bits per heavy atom. The van der Waals surface area contributed by atoms with E-state index in [0.29, 0.717) is 6.61 Å². The fourth-order valence-corrected chi connectivity index (χ4v) is 3.06. The molecule has 0 N–H and O–H groups in total. The van der Waals surface area contributed by atoms with Crippen molar-refractivity contribution in [3.8, 4) is 5.75 Å². The minimum atomic E-state index is 0.141. The van der Waals surface area contributed by atoms with Crippen LogP contribution in [-0.2, 0) is 12.0 Å². The second kappa shape index (κ2) is 7.30. The highest BCUT2D eigenvalue weighted by atomic mass is 16.5. The summed E-state index contributed by atoms with van der Waals surface area (Å²) in [5, 5.41) is 0. The Balaban J connectivity index is 1.57. The van der Waals surface area contributed by atoms with E-state index in [4.69, 9.17) is 4.74 Å². The Morgan fingerprint density at radius 1 is 0.960 bits per heavy atom. The third-order valence-corrected chi connectivity index (χ3v) is 4.72. The molecule has 132 valence electrons. The van der Waals surface area contributed by atoms with Gasteiger partial charge in [0.1, 0.15) is 12.4 Å². The van der Waals surface area contributed by atoms with Gasteiger partial charge in [-0.15, -0.1) is 0 Å². The lowest BCUT2D eigenvalue weighted by Crippen LogP contribution is -2.27. The second-order valence-corrected chi connectivity index (χ2v) is 7.76. The highest BCUT2D eigenvalue weighted by Crippen LogP contribution is 2.24. The van der Waals surface area contributed by atoms with Crippen molar-refractivity contribution in [3.05, 3.63) is 65.2 Å². The fourth-order valence-electron chi connectivity index (χ4n) is 3.06. The van der Waals surface area contributed by atoms with E-state index in [1.54, 1.807) is 0 Å². The average Bonchev–Trinajstić information content (AvgIpc) is 3.14. The zero-order chi connectivity index (χ0) is 17.9. The zero-order valence-corrected chi connectivity index (χ0v) is 15.4. The van der Waals surface area contributed by atoms with Crippen molar-refractivity contribution in [1.82, 2.24) is 4.90 Å². The fraction of sp³-hybridized carbons (Fsp3) is 0.409. The molecule has 3 rings (SSSR count). The molecule has 1 saturated heterocycles. The van der Waals surface area contributed by atoms with Crippen LogP contribution in [0, 0.1) is 0 Å². The van der Waals surface area contributed by atoms with Crippen LogP contribution < -0.4 is 4.74 Å². The predicted octanol–water partition coefficient (Wildman–Crippen LogP) is 4.80. The molecule has 0 aliphatic carbocycles. The summed E-state index contributed by atoms with van der Waals surface area (Å²) in [6, 6.07) is 16.0. The highest BCUT2D eigenvalue weighted by Gasteiger charge is 2.19. The molecule has 0 atom stereocenters. The van der Waals surface area contributed by atoms with Crippen molar-refractivity contribution in [1.29, 1.82) is 0 Å². The lowest BCUT2D eigenvalue weighted by atomic mass is 9.87. The van der Waals surface area contributed by atoms with Crippen molar-refractivity contribution >= 4 is 5.91 Å². The van der Waals surface area contributed by atoms with Crippen molar-refractivity contribution in [2.45, 2.75) is 45.6 Å². The molecule has 1 heterocycles. The quantitative estimate of drug-likeness (QED) is 0.802. The van der Waals surface area contributed by atoms with Crippen molar-refractivity contribution in [2.75, 3.05) is 13.1 Å². The predicted molar refractivity (Wildman–Crippen MR) is 101 cm³/mol. The van der Waals surface area contributed by atoms with Gasteiger partial charge in [-0.1, -0.05) is 45.0 Å². The zero-order valence-electron chi connectivity index (χ0n) is 15.4. The Morgan fingerprint density at radius 2 is 1.56 bits per heavy atom. The molecule has 0 saturated carbocycles. The Labute approximate surface area is 150 Å².